The zero-order chi connectivity index (χ0) is 20.8. The molecule has 156 valence electrons. The summed E-state index contributed by atoms with van der Waals surface area (Å²) in [5.74, 6) is -0.388. The highest BCUT2D eigenvalue weighted by molar-refractivity contribution is 5.71. The van der Waals surface area contributed by atoms with Crippen molar-refractivity contribution >= 4 is 12.1 Å². The van der Waals surface area contributed by atoms with E-state index < -0.39 is 17.4 Å². The number of rotatable bonds is 6. The first-order valence-electron chi connectivity index (χ1n) is 9.61. The minimum absolute atomic E-state index is 0.0221. The fourth-order valence-corrected chi connectivity index (χ4v) is 3.12. The van der Waals surface area contributed by atoms with Crippen LogP contribution in [-0.2, 0) is 20.9 Å². The smallest absolute Gasteiger partial charge is 0.410 e. The predicted octanol–water partition coefficient (Wildman–Crippen LogP) is 3.40. The van der Waals surface area contributed by atoms with Gasteiger partial charge in [0.1, 0.15) is 17.9 Å². The third-order valence-corrected chi connectivity index (χ3v) is 4.51. The standard InChI is InChI=1S/C21H31FN2O4/c1-20(2,3)28-19(26)24-12-10-21(22,11-13-24)16-23(4)14-18(25)27-15-17-8-6-5-7-9-17/h5-9H,10-16H2,1-4H3. The van der Waals surface area contributed by atoms with Crippen LogP contribution >= 0.6 is 0 Å². The molecular weight excluding hydrogens is 363 g/mol. The monoisotopic (exact) mass is 394 g/mol. The lowest BCUT2D eigenvalue weighted by molar-refractivity contribution is -0.146. The van der Waals surface area contributed by atoms with Crippen LogP contribution in [0.3, 0.4) is 0 Å². The van der Waals surface area contributed by atoms with Crippen LogP contribution in [0.1, 0.15) is 39.2 Å². The maximum absolute atomic E-state index is 15.1. The molecule has 1 fully saturated rings. The van der Waals surface area contributed by atoms with Gasteiger partial charge < -0.3 is 14.4 Å². The van der Waals surface area contributed by atoms with Crippen LogP contribution < -0.4 is 0 Å². The molecule has 0 radical (unpaired) electrons. The second kappa shape index (κ2) is 9.37. The molecule has 1 aromatic rings. The number of carbonyl (C=O) groups excluding carboxylic acids is 2. The molecule has 7 heteroatoms. The molecule has 1 amide bonds. The van der Waals surface area contributed by atoms with Gasteiger partial charge in [-0.2, -0.15) is 0 Å². The quantitative estimate of drug-likeness (QED) is 0.692. The Morgan fingerprint density at radius 1 is 1.18 bits per heavy atom. The van der Waals surface area contributed by atoms with E-state index in [-0.39, 0.29) is 38.5 Å². The van der Waals surface area contributed by atoms with Crippen LogP contribution in [0.4, 0.5) is 9.18 Å². The molecule has 0 aromatic heterocycles. The number of amides is 1. The molecule has 0 aliphatic carbocycles. The van der Waals surface area contributed by atoms with E-state index in [4.69, 9.17) is 9.47 Å². The van der Waals surface area contributed by atoms with Crippen molar-refractivity contribution in [2.45, 2.75) is 51.5 Å². The van der Waals surface area contributed by atoms with Gasteiger partial charge in [-0.3, -0.25) is 9.69 Å². The summed E-state index contributed by atoms with van der Waals surface area (Å²) in [7, 11) is 1.70. The van der Waals surface area contributed by atoms with E-state index in [2.05, 4.69) is 0 Å². The van der Waals surface area contributed by atoms with E-state index in [0.29, 0.717) is 13.1 Å². The zero-order valence-corrected chi connectivity index (χ0v) is 17.2. The Morgan fingerprint density at radius 3 is 2.36 bits per heavy atom. The van der Waals surface area contributed by atoms with Crippen molar-refractivity contribution in [3.63, 3.8) is 0 Å². The van der Waals surface area contributed by atoms with Gasteiger partial charge in [-0.15, -0.1) is 0 Å². The van der Waals surface area contributed by atoms with Crippen molar-refractivity contribution in [3.05, 3.63) is 35.9 Å². The Balaban J connectivity index is 1.73. The number of benzene rings is 1. The lowest BCUT2D eigenvalue weighted by atomic mass is 9.93. The molecule has 6 nitrogen and oxygen atoms in total. The summed E-state index contributed by atoms with van der Waals surface area (Å²) < 4.78 is 25.7. The fraction of sp³-hybridized carbons (Fsp3) is 0.619. The molecule has 1 saturated heterocycles. The van der Waals surface area contributed by atoms with Crippen molar-refractivity contribution in [1.29, 1.82) is 0 Å². The van der Waals surface area contributed by atoms with Gasteiger partial charge in [-0.1, -0.05) is 30.3 Å². The van der Waals surface area contributed by atoms with Crippen LogP contribution in [0.5, 0.6) is 0 Å². The number of hydrogen-bond donors (Lipinski definition) is 0. The first kappa shape index (κ1) is 22.1. The molecule has 0 bridgehead atoms. The van der Waals surface area contributed by atoms with Crippen molar-refractivity contribution in [3.8, 4) is 0 Å². The predicted molar refractivity (Wildman–Crippen MR) is 105 cm³/mol. The normalized spacial score (nSPS) is 16.7. The molecule has 2 rings (SSSR count). The Labute approximate surface area is 166 Å². The second-order valence-corrected chi connectivity index (χ2v) is 8.44. The summed E-state index contributed by atoms with van der Waals surface area (Å²) in [6.45, 7) is 6.37. The van der Waals surface area contributed by atoms with Crippen molar-refractivity contribution in [2.24, 2.45) is 0 Å². The van der Waals surface area contributed by atoms with E-state index in [1.54, 1.807) is 32.7 Å². The number of halogens is 1. The van der Waals surface area contributed by atoms with E-state index in [0.717, 1.165) is 5.56 Å². The fourth-order valence-electron chi connectivity index (χ4n) is 3.12. The zero-order valence-electron chi connectivity index (χ0n) is 17.2. The van der Waals surface area contributed by atoms with E-state index >= 15 is 4.39 Å². The van der Waals surface area contributed by atoms with Gasteiger partial charge in [-0.05, 0) is 33.4 Å². The number of hydrogen-bond acceptors (Lipinski definition) is 5. The number of piperidine rings is 1. The molecule has 0 spiro atoms. The lowest BCUT2D eigenvalue weighted by Gasteiger charge is -2.38. The molecule has 0 atom stereocenters. The minimum Gasteiger partial charge on any atom is -0.460 e. The Morgan fingerprint density at radius 2 is 1.79 bits per heavy atom. The third-order valence-electron chi connectivity index (χ3n) is 4.51. The Hall–Kier alpha value is -2.15. The molecule has 0 saturated carbocycles. The van der Waals surface area contributed by atoms with Crippen molar-refractivity contribution in [1.82, 2.24) is 9.80 Å². The van der Waals surface area contributed by atoms with Crippen LogP contribution in [0, 0.1) is 0 Å². The summed E-state index contributed by atoms with van der Waals surface area (Å²) in [4.78, 5) is 27.3. The number of esters is 1. The number of ether oxygens (including phenoxy) is 2. The summed E-state index contributed by atoms with van der Waals surface area (Å²) in [5, 5.41) is 0. The minimum atomic E-state index is -1.44. The number of alkyl halides is 1. The van der Waals surface area contributed by atoms with Crippen LogP contribution in [0.25, 0.3) is 0 Å². The number of likely N-dealkylation sites (tertiary alicyclic amines) is 1. The topological polar surface area (TPSA) is 59.1 Å². The average molecular weight is 394 g/mol. The van der Waals surface area contributed by atoms with Gasteiger partial charge in [0.05, 0.1) is 6.54 Å². The molecule has 0 N–H and O–H groups in total. The maximum Gasteiger partial charge on any atom is 0.410 e. The van der Waals surface area contributed by atoms with Crippen LogP contribution in [-0.4, -0.2) is 66.4 Å². The number of nitrogens with zero attached hydrogens (tertiary/aromatic N) is 2. The van der Waals surface area contributed by atoms with Gasteiger partial charge in [-0.25, -0.2) is 9.18 Å². The summed E-state index contributed by atoms with van der Waals surface area (Å²) in [6, 6.07) is 9.42. The largest absolute Gasteiger partial charge is 0.460 e. The molecule has 1 aliphatic rings. The van der Waals surface area contributed by atoms with E-state index in [9.17, 15) is 9.59 Å². The molecular formula is C21H31FN2O4. The maximum atomic E-state index is 15.1. The first-order valence-corrected chi connectivity index (χ1v) is 9.61. The van der Waals surface area contributed by atoms with E-state index in [1.165, 1.54) is 4.90 Å². The van der Waals surface area contributed by atoms with E-state index in [1.807, 2.05) is 30.3 Å². The Bertz CT molecular complexity index is 652. The second-order valence-electron chi connectivity index (χ2n) is 8.44. The van der Waals surface area contributed by atoms with Crippen LogP contribution in [0.2, 0.25) is 0 Å². The summed E-state index contributed by atoms with van der Waals surface area (Å²) in [5.41, 5.74) is -1.09. The first-order chi connectivity index (χ1) is 13.1. The van der Waals surface area contributed by atoms with Gasteiger partial charge in [0.25, 0.3) is 0 Å². The third kappa shape index (κ3) is 7.46. The Kier molecular flexibility index (Phi) is 7.41. The number of carbonyl (C=O) groups is 2. The van der Waals surface area contributed by atoms with Crippen molar-refractivity contribution < 1.29 is 23.5 Å². The molecule has 28 heavy (non-hydrogen) atoms. The lowest BCUT2D eigenvalue weighted by Crippen LogP contribution is -2.50. The highest BCUT2D eigenvalue weighted by atomic mass is 19.1. The van der Waals surface area contributed by atoms with Crippen LogP contribution in [0.15, 0.2) is 30.3 Å². The highest BCUT2D eigenvalue weighted by Crippen LogP contribution is 2.28. The van der Waals surface area contributed by atoms with Gasteiger partial charge in [0.15, 0.2) is 0 Å². The molecule has 1 heterocycles. The molecule has 1 aliphatic heterocycles. The molecule has 1 aromatic carbocycles. The van der Waals surface area contributed by atoms with Gasteiger partial charge >= 0.3 is 12.1 Å². The summed E-state index contributed by atoms with van der Waals surface area (Å²) in [6.07, 6.45) is 0.0260. The SMILES string of the molecule is CN(CC(=O)OCc1ccccc1)CC1(F)CCN(C(=O)OC(C)(C)C)CC1. The number of likely N-dealkylation sites (N-methyl/N-ethyl adjacent to an activating group) is 1. The summed E-state index contributed by atoms with van der Waals surface area (Å²) >= 11 is 0. The van der Waals surface area contributed by atoms with Crippen molar-refractivity contribution in [2.75, 3.05) is 33.2 Å². The van der Waals surface area contributed by atoms with Gasteiger partial charge in [0.2, 0.25) is 0 Å². The highest BCUT2D eigenvalue weighted by Gasteiger charge is 2.38. The average Bonchev–Trinajstić information content (AvgIpc) is 2.59. The molecule has 0 unspecified atom stereocenters. The van der Waals surface area contributed by atoms with Gasteiger partial charge in [0, 0.05) is 32.5 Å².